The number of carbonyl (C=O) groups is 1. The van der Waals surface area contributed by atoms with Gasteiger partial charge in [0.25, 0.3) is 5.91 Å². The fourth-order valence-corrected chi connectivity index (χ4v) is 3.24. The number of hydrogen-bond acceptors (Lipinski definition) is 4. The van der Waals surface area contributed by atoms with Gasteiger partial charge in [0.05, 0.1) is 17.9 Å². The minimum atomic E-state index is -0.270. The molecule has 3 heterocycles. The zero-order valence-electron chi connectivity index (χ0n) is 11.8. The summed E-state index contributed by atoms with van der Waals surface area (Å²) >= 11 is 1.66. The topological polar surface area (TPSA) is 41.9 Å². The largest absolute Gasteiger partial charge is 0.372 e. The molecular weight excluding hydrogens is 272 g/mol. The van der Waals surface area contributed by atoms with E-state index in [9.17, 15) is 4.79 Å². The van der Waals surface area contributed by atoms with E-state index in [1.807, 2.05) is 42.3 Å². The molecule has 1 fully saturated rings. The SMILES string of the molecule is CC1(C)CN(C(=O)C2=CCC(c3cccs3)=N2)CCO1. The number of thiophene rings is 1. The third-order valence-electron chi connectivity index (χ3n) is 3.48. The third kappa shape index (κ3) is 2.69. The molecule has 0 saturated carbocycles. The molecule has 106 valence electrons. The van der Waals surface area contributed by atoms with Gasteiger partial charge in [0, 0.05) is 24.4 Å². The highest BCUT2D eigenvalue weighted by atomic mass is 32.1. The van der Waals surface area contributed by atoms with E-state index < -0.39 is 0 Å². The smallest absolute Gasteiger partial charge is 0.272 e. The van der Waals surface area contributed by atoms with Gasteiger partial charge in [0.1, 0.15) is 5.70 Å². The van der Waals surface area contributed by atoms with Crippen LogP contribution < -0.4 is 0 Å². The average Bonchev–Trinajstić information content (AvgIpc) is 3.07. The summed E-state index contributed by atoms with van der Waals surface area (Å²) in [4.78, 5) is 20.0. The monoisotopic (exact) mass is 290 g/mol. The molecule has 2 aliphatic rings. The lowest BCUT2D eigenvalue weighted by atomic mass is 10.1. The maximum absolute atomic E-state index is 12.5. The van der Waals surface area contributed by atoms with Crippen molar-refractivity contribution < 1.29 is 9.53 Å². The average molecular weight is 290 g/mol. The summed E-state index contributed by atoms with van der Waals surface area (Å²) < 4.78 is 5.64. The highest BCUT2D eigenvalue weighted by molar-refractivity contribution is 7.12. The van der Waals surface area contributed by atoms with Crippen LogP contribution in [0.4, 0.5) is 0 Å². The van der Waals surface area contributed by atoms with Crippen LogP contribution in [0.3, 0.4) is 0 Å². The van der Waals surface area contributed by atoms with Gasteiger partial charge in [-0.2, -0.15) is 0 Å². The maximum Gasteiger partial charge on any atom is 0.272 e. The van der Waals surface area contributed by atoms with Gasteiger partial charge in [-0.05, 0) is 31.4 Å². The van der Waals surface area contributed by atoms with E-state index in [1.165, 1.54) is 0 Å². The van der Waals surface area contributed by atoms with Gasteiger partial charge in [0.2, 0.25) is 0 Å². The van der Waals surface area contributed by atoms with Crippen molar-refractivity contribution in [2.75, 3.05) is 19.7 Å². The van der Waals surface area contributed by atoms with Crippen molar-refractivity contribution in [1.82, 2.24) is 4.90 Å². The quantitative estimate of drug-likeness (QED) is 0.839. The van der Waals surface area contributed by atoms with Crippen LogP contribution in [0.25, 0.3) is 0 Å². The Labute approximate surface area is 122 Å². The molecule has 0 radical (unpaired) electrons. The molecule has 1 amide bonds. The van der Waals surface area contributed by atoms with E-state index in [2.05, 4.69) is 4.99 Å². The number of rotatable bonds is 2. The Morgan fingerprint density at radius 1 is 1.50 bits per heavy atom. The van der Waals surface area contributed by atoms with Crippen molar-refractivity contribution in [3.63, 3.8) is 0 Å². The Bertz CT molecular complexity index is 573. The van der Waals surface area contributed by atoms with Crippen molar-refractivity contribution in [2.45, 2.75) is 25.9 Å². The molecule has 0 N–H and O–H groups in total. The molecule has 0 spiro atoms. The van der Waals surface area contributed by atoms with Crippen LogP contribution >= 0.6 is 11.3 Å². The normalized spacial score (nSPS) is 21.6. The molecule has 0 aliphatic carbocycles. The second-order valence-corrected chi connectivity index (χ2v) is 6.61. The van der Waals surface area contributed by atoms with Gasteiger partial charge in [-0.15, -0.1) is 11.3 Å². The van der Waals surface area contributed by atoms with Crippen LogP contribution in [0.2, 0.25) is 0 Å². The van der Waals surface area contributed by atoms with Crippen LogP contribution in [0.5, 0.6) is 0 Å². The van der Waals surface area contributed by atoms with Gasteiger partial charge in [0.15, 0.2) is 0 Å². The molecule has 2 aliphatic heterocycles. The van der Waals surface area contributed by atoms with E-state index in [4.69, 9.17) is 4.74 Å². The van der Waals surface area contributed by atoms with Crippen LogP contribution in [0.15, 0.2) is 34.3 Å². The molecule has 1 aromatic heterocycles. The number of ether oxygens (including phenoxy) is 1. The van der Waals surface area contributed by atoms with E-state index in [-0.39, 0.29) is 11.5 Å². The summed E-state index contributed by atoms with van der Waals surface area (Å²) in [5.74, 6) is 0.0212. The minimum Gasteiger partial charge on any atom is -0.372 e. The predicted molar refractivity (Wildman–Crippen MR) is 80.2 cm³/mol. The summed E-state index contributed by atoms with van der Waals surface area (Å²) in [5.41, 5.74) is 1.30. The highest BCUT2D eigenvalue weighted by Gasteiger charge is 2.32. The van der Waals surface area contributed by atoms with E-state index in [0.29, 0.717) is 25.4 Å². The summed E-state index contributed by atoms with van der Waals surface area (Å²) in [6.45, 7) is 5.87. The Kier molecular flexibility index (Phi) is 3.48. The lowest BCUT2D eigenvalue weighted by Gasteiger charge is -2.38. The Morgan fingerprint density at radius 3 is 3.05 bits per heavy atom. The van der Waals surface area contributed by atoms with E-state index >= 15 is 0 Å². The number of carbonyl (C=O) groups excluding carboxylic acids is 1. The number of hydrogen-bond donors (Lipinski definition) is 0. The summed E-state index contributed by atoms with van der Waals surface area (Å²) in [7, 11) is 0. The number of nitrogens with zero attached hydrogens (tertiary/aromatic N) is 2. The maximum atomic E-state index is 12.5. The molecule has 3 rings (SSSR count). The summed E-state index contributed by atoms with van der Waals surface area (Å²) in [5, 5.41) is 2.03. The molecular formula is C15H18N2O2S. The van der Waals surface area contributed by atoms with Gasteiger partial charge < -0.3 is 9.64 Å². The van der Waals surface area contributed by atoms with Crippen LogP contribution in [0, 0.1) is 0 Å². The second kappa shape index (κ2) is 5.14. The molecule has 20 heavy (non-hydrogen) atoms. The van der Waals surface area contributed by atoms with Crippen molar-refractivity contribution in [3.8, 4) is 0 Å². The highest BCUT2D eigenvalue weighted by Crippen LogP contribution is 2.23. The molecule has 0 atom stereocenters. The lowest BCUT2D eigenvalue weighted by Crippen LogP contribution is -2.50. The Morgan fingerprint density at radius 2 is 2.35 bits per heavy atom. The molecule has 4 nitrogen and oxygen atoms in total. The van der Waals surface area contributed by atoms with Crippen LogP contribution in [-0.2, 0) is 9.53 Å². The van der Waals surface area contributed by atoms with Crippen molar-refractivity contribution in [1.29, 1.82) is 0 Å². The number of aliphatic imine (C=N–C) groups is 1. The molecule has 1 saturated heterocycles. The van der Waals surface area contributed by atoms with Gasteiger partial charge >= 0.3 is 0 Å². The number of morpholine rings is 1. The standard InChI is InChI=1S/C15H18N2O2S/c1-15(2)10-17(7-8-19-15)14(18)12-6-5-11(16-12)13-4-3-9-20-13/h3-4,6,9H,5,7-8,10H2,1-2H3. The number of amides is 1. The summed E-state index contributed by atoms with van der Waals surface area (Å²) in [6.07, 6.45) is 2.68. The zero-order chi connectivity index (χ0) is 14.2. The van der Waals surface area contributed by atoms with E-state index in [0.717, 1.165) is 17.0 Å². The third-order valence-corrected chi connectivity index (χ3v) is 4.40. The van der Waals surface area contributed by atoms with Crippen molar-refractivity contribution in [3.05, 3.63) is 34.2 Å². The van der Waals surface area contributed by atoms with Crippen molar-refractivity contribution in [2.24, 2.45) is 4.99 Å². The first-order valence-corrected chi connectivity index (χ1v) is 7.68. The molecule has 0 bridgehead atoms. The zero-order valence-corrected chi connectivity index (χ0v) is 12.6. The van der Waals surface area contributed by atoms with Gasteiger partial charge in [-0.25, -0.2) is 4.99 Å². The first-order chi connectivity index (χ1) is 9.55. The van der Waals surface area contributed by atoms with Crippen LogP contribution in [-0.4, -0.2) is 41.8 Å². The fraction of sp³-hybridized carbons (Fsp3) is 0.467. The molecule has 1 aromatic rings. The molecule has 5 heteroatoms. The lowest BCUT2D eigenvalue weighted by molar-refractivity contribution is -0.142. The van der Waals surface area contributed by atoms with Crippen LogP contribution in [0.1, 0.15) is 25.1 Å². The Balaban J connectivity index is 1.72. The molecule has 0 aromatic carbocycles. The summed E-state index contributed by atoms with van der Waals surface area (Å²) in [6, 6.07) is 4.05. The minimum absolute atomic E-state index is 0.0212. The van der Waals surface area contributed by atoms with E-state index in [1.54, 1.807) is 11.3 Å². The van der Waals surface area contributed by atoms with Crippen molar-refractivity contribution >= 4 is 23.0 Å². The van der Waals surface area contributed by atoms with Gasteiger partial charge in [-0.1, -0.05) is 6.07 Å². The molecule has 0 unspecified atom stereocenters. The Hall–Kier alpha value is -1.46. The predicted octanol–water partition coefficient (Wildman–Crippen LogP) is 2.46. The fourth-order valence-electron chi connectivity index (χ4n) is 2.52. The first-order valence-electron chi connectivity index (χ1n) is 6.80. The number of allylic oxidation sites excluding steroid dienone is 1. The first kappa shape index (κ1) is 13.5. The second-order valence-electron chi connectivity index (χ2n) is 5.66. The van der Waals surface area contributed by atoms with Gasteiger partial charge in [-0.3, -0.25) is 4.79 Å².